The normalized spacial score (nSPS) is 13.3. The molecule has 0 radical (unpaired) electrons. The summed E-state index contributed by atoms with van der Waals surface area (Å²) < 4.78 is 86.5. The van der Waals surface area contributed by atoms with E-state index in [4.69, 9.17) is 0 Å². The number of sulfonamides is 2. The zero-order valence-corrected chi connectivity index (χ0v) is 14.3. The number of nitrogens with one attached hydrogen (secondary N) is 1. The van der Waals surface area contributed by atoms with Crippen LogP contribution < -0.4 is 4.72 Å². The SMILES string of the molecule is CCN(CC)S(=O)(=O)c1ccc(NS(=O)(=O)C(F)(F)F)c(C)c1. The van der Waals surface area contributed by atoms with E-state index in [1.54, 1.807) is 13.8 Å². The summed E-state index contributed by atoms with van der Waals surface area (Å²) in [7, 11) is -9.34. The molecule has 1 rings (SSSR count). The van der Waals surface area contributed by atoms with Crippen molar-refractivity contribution in [2.75, 3.05) is 17.8 Å². The fourth-order valence-corrected chi connectivity index (χ4v) is 4.00. The topological polar surface area (TPSA) is 83.6 Å². The van der Waals surface area contributed by atoms with Crippen LogP contribution in [0, 0.1) is 6.92 Å². The zero-order chi connectivity index (χ0) is 18.1. The lowest BCUT2D eigenvalue weighted by atomic mass is 10.2. The summed E-state index contributed by atoms with van der Waals surface area (Å²) in [5.41, 5.74) is -5.72. The quantitative estimate of drug-likeness (QED) is 0.828. The van der Waals surface area contributed by atoms with E-state index in [9.17, 15) is 30.0 Å². The van der Waals surface area contributed by atoms with Gasteiger partial charge in [0.15, 0.2) is 0 Å². The Kier molecular flexibility index (Phi) is 5.70. The lowest BCUT2D eigenvalue weighted by Gasteiger charge is -2.19. The number of nitrogens with zero attached hydrogens (tertiary/aromatic N) is 1. The first-order chi connectivity index (χ1) is 10.4. The maximum atomic E-state index is 12.4. The second-order valence-electron chi connectivity index (χ2n) is 4.62. The monoisotopic (exact) mass is 374 g/mol. The van der Waals surface area contributed by atoms with Crippen molar-refractivity contribution in [1.82, 2.24) is 4.31 Å². The minimum Gasteiger partial charge on any atom is -0.276 e. The summed E-state index contributed by atoms with van der Waals surface area (Å²) in [6, 6.07) is 3.19. The van der Waals surface area contributed by atoms with Crippen LogP contribution in [-0.4, -0.2) is 39.7 Å². The van der Waals surface area contributed by atoms with Crippen LogP contribution >= 0.6 is 0 Å². The molecule has 0 aliphatic heterocycles. The summed E-state index contributed by atoms with van der Waals surface area (Å²) >= 11 is 0. The largest absolute Gasteiger partial charge is 0.516 e. The highest BCUT2D eigenvalue weighted by Crippen LogP contribution is 2.28. The maximum Gasteiger partial charge on any atom is 0.516 e. The molecule has 1 aromatic carbocycles. The Morgan fingerprint density at radius 2 is 1.61 bits per heavy atom. The smallest absolute Gasteiger partial charge is 0.276 e. The van der Waals surface area contributed by atoms with E-state index in [0.717, 1.165) is 18.2 Å². The first kappa shape index (κ1) is 19.7. The van der Waals surface area contributed by atoms with Gasteiger partial charge in [0, 0.05) is 13.1 Å². The van der Waals surface area contributed by atoms with Gasteiger partial charge in [-0.05, 0) is 30.7 Å². The maximum absolute atomic E-state index is 12.4. The standard InChI is InChI=1S/C12H17F3N2O4S2/c1-4-17(5-2)22(18,19)10-6-7-11(9(3)8-10)16-23(20,21)12(13,14)15/h6-8,16H,4-5H2,1-3H3. The highest BCUT2D eigenvalue weighted by Gasteiger charge is 2.46. The van der Waals surface area contributed by atoms with E-state index < -0.39 is 25.6 Å². The van der Waals surface area contributed by atoms with Crippen LogP contribution in [0.3, 0.4) is 0 Å². The third-order valence-electron chi connectivity index (χ3n) is 3.09. The highest BCUT2D eigenvalue weighted by molar-refractivity contribution is 7.93. The van der Waals surface area contributed by atoms with Gasteiger partial charge in [-0.1, -0.05) is 13.8 Å². The van der Waals surface area contributed by atoms with Gasteiger partial charge in [0.2, 0.25) is 10.0 Å². The average Bonchev–Trinajstić information content (AvgIpc) is 2.40. The molecule has 0 amide bonds. The van der Waals surface area contributed by atoms with Crippen LogP contribution in [0.4, 0.5) is 18.9 Å². The molecule has 132 valence electrons. The molecule has 0 aliphatic rings. The lowest BCUT2D eigenvalue weighted by Crippen LogP contribution is -2.31. The van der Waals surface area contributed by atoms with Crippen LogP contribution in [0.5, 0.6) is 0 Å². The minimum atomic E-state index is -5.56. The molecule has 1 aromatic rings. The van der Waals surface area contributed by atoms with Crippen molar-refractivity contribution in [3.05, 3.63) is 23.8 Å². The summed E-state index contributed by atoms with van der Waals surface area (Å²) in [6.07, 6.45) is 0. The molecule has 0 saturated carbocycles. The Hall–Kier alpha value is -1.33. The molecule has 1 N–H and O–H groups in total. The molecule has 11 heteroatoms. The lowest BCUT2D eigenvalue weighted by molar-refractivity contribution is -0.0429. The number of anilines is 1. The minimum absolute atomic E-state index is 0.0612. The molecule has 0 saturated heterocycles. The van der Waals surface area contributed by atoms with Gasteiger partial charge in [-0.2, -0.15) is 25.9 Å². The third-order valence-corrected chi connectivity index (χ3v) is 6.23. The Morgan fingerprint density at radius 1 is 1.09 bits per heavy atom. The first-order valence-corrected chi connectivity index (χ1v) is 9.49. The van der Waals surface area contributed by atoms with E-state index in [0.29, 0.717) is 0 Å². The van der Waals surface area contributed by atoms with Crippen LogP contribution in [0.1, 0.15) is 19.4 Å². The summed E-state index contributed by atoms with van der Waals surface area (Å²) in [5.74, 6) is 0. The number of rotatable bonds is 6. The van der Waals surface area contributed by atoms with E-state index in [1.807, 2.05) is 0 Å². The van der Waals surface area contributed by atoms with Gasteiger partial charge in [0.25, 0.3) is 0 Å². The predicted octanol–water partition coefficient (Wildman–Crippen LogP) is 2.29. The zero-order valence-electron chi connectivity index (χ0n) is 12.7. The number of halogens is 3. The summed E-state index contributed by atoms with van der Waals surface area (Å²) in [4.78, 5) is -0.117. The number of hydrogen-bond acceptors (Lipinski definition) is 4. The van der Waals surface area contributed by atoms with Gasteiger partial charge in [-0.15, -0.1) is 0 Å². The molecule has 0 fully saturated rings. The third kappa shape index (κ3) is 4.15. The van der Waals surface area contributed by atoms with Crippen molar-refractivity contribution in [3.63, 3.8) is 0 Å². The number of aryl methyl sites for hydroxylation is 1. The van der Waals surface area contributed by atoms with Gasteiger partial charge in [0.05, 0.1) is 10.6 Å². The molecule has 0 unspecified atom stereocenters. The Bertz CT molecular complexity index is 770. The van der Waals surface area contributed by atoms with E-state index in [2.05, 4.69) is 0 Å². The van der Waals surface area contributed by atoms with Crippen molar-refractivity contribution in [1.29, 1.82) is 0 Å². The first-order valence-electron chi connectivity index (χ1n) is 6.56. The van der Waals surface area contributed by atoms with Crippen LogP contribution in [0.2, 0.25) is 0 Å². The average molecular weight is 374 g/mol. The fraction of sp³-hybridized carbons (Fsp3) is 0.500. The molecule has 0 aliphatic carbocycles. The molecule has 0 spiro atoms. The van der Waals surface area contributed by atoms with Crippen molar-refractivity contribution in [3.8, 4) is 0 Å². The van der Waals surface area contributed by atoms with Crippen molar-refractivity contribution in [2.24, 2.45) is 0 Å². The van der Waals surface area contributed by atoms with Crippen molar-refractivity contribution in [2.45, 2.75) is 31.2 Å². The molecule has 0 bridgehead atoms. The summed E-state index contributed by atoms with van der Waals surface area (Å²) in [5, 5.41) is 0. The molecular formula is C12H17F3N2O4S2. The van der Waals surface area contributed by atoms with E-state index in [1.165, 1.54) is 16.0 Å². The Balaban J connectivity index is 3.23. The Morgan fingerprint density at radius 3 is 2.00 bits per heavy atom. The van der Waals surface area contributed by atoms with Gasteiger partial charge < -0.3 is 0 Å². The van der Waals surface area contributed by atoms with Gasteiger partial charge in [-0.3, -0.25) is 4.72 Å². The summed E-state index contributed by atoms with van der Waals surface area (Å²) in [6.45, 7) is 5.09. The van der Waals surface area contributed by atoms with Crippen molar-refractivity contribution >= 4 is 25.7 Å². The second kappa shape index (κ2) is 6.65. The molecule has 0 heterocycles. The molecule has 0 aromatic heterocycles. The fourth-order valence-electron chi connectivity index (χ4n) is 1.83. The predicted molar refractivity (Wildman–Crippen MR) is 79.9 cm³/mol. The van der Waals surface area contributed by atoms with Crippen molar-refractivity contribution < 1.29 is 30.0 Å². The number of hydrogen-bond donors (Lipinski definition) is 1. The van der Waals surface area contributed by atoms with Crippen LogP contribution in [0.15, 0.2) is 23.1 Å². The molecule has 0 atom stereocenters. The number of benzene rings is 1. The van der Waals surface area contributed by atoms with Crippen LogP contribution in [-0.2, 0) is 20.0 Å². The molecule has 6 nitrogen and oxygen atoms in total. The van der Waals surface area contributed by atoms with E-state index >= 15 is 0 Å². The Labute approximate surface area is 133 Å². The number of alkyl halides is 3. The van der Waals surface area contributed by atoms with E-state index in [-0.39, 0.29) is 29.2 Å². The van der Waals surface area contributed by atoms with Gasteiger partial charge in [-0.25, -0.2) is 8.42 Å². The molecule has 23 heavy (non-hydrogen) atoms. The second-order valence-corrected chi connectivity index (χ2v) is 8.23. The highest BCUT2D eigenvalue weighted by atomic mass is 32.2. The van der Waals surface area contributed by atoms with Gasteiger partial charge in [0.1, 0.15) is 0 Å². The van der Waals surface area contributed by atoms with Gasteiger partial charge >= 0.3 is 15.5 Å². The van der Waals surface area contributed by atoms with Crippen LogP contribution in [0.25, 0.3) is 0 Å². The molecular weight excluding hydrogens is 357 g/mol.